The number of amides is 1. The van der Waals surface area contributed by atoms with Crippen molar-refractivity contribution in [3.8, 4) is 0 Å². The van der Waals surface area contributed by atoms with Gasteiger partial charge in [-0.3, -0.25) is 14.9 Å². The zero-order valence-electron chi connectivity index (χ0n) is 12.0. The number of carbonyl (C=O) groups excluding carboxylic acids is 1. The molecule has 0 radical (unpaired) electrons. The summed E-state index contributed by atoms with van der Waals surface area (Å²) in [6, 6.07) is 2.13. The number of thioether (sulfide) groups is 1. The minimum atomic E-state index is -4.83. The molecule has 126 valence electrons. The average molecular weight is 367 g/mol. The molecule has 0 aliphatic heterocycles. The lowest BCUT2D eigenvalue weighted by Gasteiger charge is -2.15. The van der Waals surface area contributed by atoms with Crippen LogP contribution in [-0.2, 0) is 11.0 Å². The van der Waals surface area contributed by atoms with Gasteiger partial charge in [-0.15, -0.1) is 0 Å². The van der Waals surface area contributed by atoms with Crippen molar-refractivity contribution in [3.05, 3.63) is 33.9 Å². The lowest BCUT2D eigenvalue weighted by atomic mass is 10.1. The number of hydrogen-bond acceptors (Lipinski definition) is 5. The number of rotatable bonds is 4. The number of thiocarbonyl (C=S) groups is 1. The van der Waals surface area contributed by atoms with Crippen LogP contribution in [0.3, 0.4) is 0 Å². The van der Waals surface area contributed by atoms with E-state index >= 15 is 0 Å². The molecule has 0 saturated heterocycles. The number of nitrogens with one attached hydrogen (secondary N) is 1. The first kappa shape index (κ1) is 19.2. The van der Waals surface area contributed by atoms with E-state index in [2.05, 4.69) is 5.32 Å². The van der Waals surface area contributed by atoms with Crippen molar-refractivity contribution in [1.82, 2.24) is 4.90 Å². The van der Waals surface area contributed by atoms with E-state index in [0.717, 1.165) is 23.9 Å². The van der Waals surface area contributed by atoms with Gasteiger partial charge in [-0.25, -0.2) is 0 Å². The van der Waals surface area contributed by atoms with Crippen molar-refractivity contribution < 1.29 is 22.9 Å². The second-order valence-electron chi connectivity index (χ2n) is 4.48. The Hall–Kier alpha value is -1.88. The summed E-state index contributed by atoms with van der Waals surface area (Å²) in [4.78, 5) is 23.0. The van der Waals surface area contributed by atoms with Gasteiger partial charge in [0.2, 0.25) is 5.91 Å². The van der Waals surface area contributed by atoms with Crippen LogP contribution < -0.4 is 5.32 Å². The van der Waals surface area contributed by atoms with Crippen molar-refractivity contribution in [2.24, 2.45) is 0 Å². The van der Waals surface area contributed by atoms with E-state index in [1.165, 1.54) is 0 Å². The van der Waals surface area contributed by atoms with Crippen LogP contribution in [0.4, 0.5) is 24.5 Å². The van der Waals surface area contributed by atoms with Crippen molar-refractivity contribution in [2.75, 3.05) is 25.2 Å². The third-order valence-corrected chi connectivity index (χ3v) is 4.22. The highest BCUT2D eigenvalue weighted by Crippen LogP contribution is 2.37. The Kier molecular flexibility index (Phi) is 6.33. The molecule has 0 atom stereocenters. The van der Waals surface area contributed by atoms with Gasteiger partial charge in [0, 0.05) is 26.2 Å². The highest BCUT2D eigenvalue weighted by atomic mass is 32.2. The number of nitro benzene ring substituents is 1. The molecular weight excluding hydrogens is 355 g/mol. The van der Waals surface area contributed by atoms with Crippen LogP contribution in [0.25, 0.3) is 0 Å². The maximum Gasteiger partial charge on any atom is 0.418 e. The molecule has 0 bridgehead atoms. The van der Waals surface area contributed by atoms with E-state index < -0.39 is 33.9 Å². The quantitative estimate of drug-likeness (QED) is 0.501. The fraction of sp³-hybridized carbons (Fsp3) is 0.333. The number of halogens is 3. The van der Waals surface area contributed by atoms with Gasteiger partial charge in [0.1, 0.15) is 4.32 Å². The Balaban J connectivity index is 2.93. The highest BCUT2D eigenvalue weighted by Gasteiger charge is 2.35. The van der Waals surface area contributed by atoms with Crippen LogP contribution in [0.5, 0.6) is 0 Å². The van der Waals surface area contributed by atoms with Gasteiger partial charge in [0.15, 0.2) is 0 Å². The lowest BCUT2D eigenvalue weighted by Crippen LogP contribution is -2.22. The molecule has 0 spiro atoms. The molecule has 1 amide bonds. The van der Waals surface area contributed by atoms with Crippen LogP contribution in [0.2, 0.25) is 0 Å². The highest BCUT2D eigenvalue weighted by molar-refractivity contribution is 8.23. The monoisotopic (exact) mass is 367 g/mol. The van der Waals surface area contributed by atoms with E-state index in [4.69, 9.17) is 12.2 Å². The van der Waals surface area contributed by atoms with Crippen LogP contribution in [0, 0.1) is 10.1 Å². The SMILES string of the molecule is CN(C)C(=S)SCC(=O)Nc1ccc([N+](=O)[O-])cc1C(F)(F)F. The lowest BCUT2D eigenvalue weighted by molar-refractivity contribution is -0.385. The number of nitro groups is 1. The van der Waals surface area contributed by atoms with E-state index in [-0.39, 0.29) is 5.75 Å². The van der Waals surface area contributed by atoms with E-state index in [1.54, 1.807) is 19.0 Å². The molecule has 0 saturated carbocycles. The predicted molar refractivity (Wildman–Crippen MR) is 85.5 cm³/mol. The maximum absolute atomic E-state index is 13.0. The molecule has 0 aliphatic rings. The third kappa shape index (κ3) is 5.67. The molecule has 0 aromatic heterocycles. The molecule has 0 aliphatic carbocycles. The molecule has 0 heterocycles. The molecule has 1 rings (SSSR count). The normalized spacial score (nSPS) is 11.0. The Morgan fingerprint density at radius 3 is 2.52 bits per heavy atom. The minimum absolute atomic E-state index is 0.175. The van der Waals surface area contributed by atoms with Gasteiger partial charge in [0.25, 0.3) is 5.69 Å². The Morgan fingerprint density at radius 2 is 2.04 bits per heavy atom. The van der Waals surface area contributed by atoms with Crippen molar-refractivity contribution >= 4 is 45.6 Å². The summed E-state index contributed by atoms with van der Waals surface area (Å²) in [5.41, 5.74) is -2.52. The van der Waals surface area contributed by atoms with E-state index in [1.807, 2.05) is 0 Å². The van der Waals surface area contributed by atoms with Gasteiger partial charge < -0.3 is 10.2 Å². The van der Waals surface area contributed by atoms with Crippen LogP contribution in [-0.4, -0.2) is 39.9 Å². The molecule has 0 fully saturated rings. The first-order chi connectivity index (χ1) is 10.5. The second kappa shape index (κ2) is 7.59. The number of carbonyl (C=O) groups is 1. The number of benzene rings is 1. The molecule has 11 heteroatoms. The third-order valence-electron chi connectivity index (χ3n) is 2.49. The number of alkyl halides is 3. The van der Waals surface area contributed by atoms with Gasteiger partial charge in [-0.2, -0.15) is 13.2 Å². The predicted octanol–water partition coefficient (Wildman–Crippen LogP) is 3.13. The standard InChI is InChI=1S/C12H12F3N3O3S2/c1-17(2)11(22)23-6-10(19)16-9-4-3-7(18(20)21)5-8(9)12(13,14)15/h3-5H,6H2,1-2H3,(H,16,19). The zero-order valence-corrected chi connectivity index (χ0v) is 13.6. The molecular formula is C12H12F3N3O3S2. The van der Waals surface area contributed by atoms with Crippen LogP contribution in [0.15, 0.2) is 18.2 Å². The summed E-state index contributed by atoms with van der Waals surface area (Å²) in [7, 11) is 3.34. The summed E-state index contributed by atoms with van der Waals surface area (Å²) in [6.45, 7) is 0. The van der Waals surface area contributed by atoms with Crippen LogP contribution >= 0.6 is 24.0 Å². The van der Waals surface area contributed by atoms with Crippen molar-refractivity contribution in [2.45, 2.75) is 6.18 Å². The zero-order chi connectivity index (χ0) is 17.8. The molecule has 0 unspecified atom stereocenters. The molecule has 1 aromatic carbocycles. The number of nitrogens with zero attached hydrogens (tertiary/aromatic N) is 2. The van der Waals surface area contributed by atoms with Crippen LogP contribution in [0.1, 0.15) is 5.56 Å². The molecule has 6 nitrogen and oxygen atoms in total. The van der Waals surface area contributed by atoms with Crippen molar-refractivity contribution in [3.63, 3.8) is 0 Å². The van der Waals surface area contributed by atoms with Gasteiger partial charge in [-0.05, 0) is 6.07 Å². The van der Waals surface area contributed by atoms with Gasteiger partial charge in [0.05, 0.1) is 21.9 Å². The topological polar surface area (TPSA) is 75.5 Å². The summed E-state index contributed by atoms with van der Waals surface area (Å²) < 4.78 is 39.3. The number of non-ortho nitro benzene ring substituents is 1. The Morgan fingerprint density at radius 1 is 1.43 bits per heavy atom. The fourth-order valence-electron chi connectivity index (χ4n) is 1.43. The minimum Gasteiger partial charge on any atom is -0.364 e. The first-order valence-corrected chi connectivity index (χ1v) is 7.41. The number of hydrogen-bond donors (Lipinski definition) is 1. The second-order valence-corrected chi connectivity index (χ2v) is 6.09. The fourth-order valence-corrected chi connectivity index (χ4v) is 2.19. The van der Waals surface area contributed by atoms with Gasteiger partial charge >= 0.3 is 6.18 Å². The summed E-state index contributed by atoms with van der Waals surface area (Å²) in [5.74, 6) is -0.871. The average Bonchev–Trinajstić information content (AvgIpc) is 2.43. The Labute approximate surface area is 139 Å². The smallest absolute Gasteiger partial charge is 0.364 e. The van der Waals surface area contributed by atoms with E-state index in [9.17, 15) is 28.1 Å². The largest absolute Gasteiger partial charge is 0.418 e. The van der Waals surface area contributed by atoms with E-state index in [0.29, 0.717) is 10.4 Å². The first-order valence-electron chi connectivity index (χ1n) is 6.02. The summed E-state index contributed by atoms with van der Waals surface area (Å²) in [5, 5.41) is 12.7. The molecule has 1 N–H and O–H groups in total. The van der Waals surface area contributed by atoms with Crippen molar-refractivity contribution in [1.29, 1.82) is 0 Å². The molecule has 23 heavy (non-hydrogen) atoms. The van der Waals surface area contributed by atoms with Gasteiger partial charge in [-0.1, -0.05) is 24.0 Å². The summed E-state index contributed by atoms with van der Waals surface area (Å²) in [6.07, 6.45) is -4.83. The Bertz CT molecular complexity index is 636. The molecule has 1 aromatic rings. The maximum atomic E-state index is 13.0. The summed E-state index contributed by atoms with van der Waals surface area (Å²) >= 11 is 5.93. The number of anilines is 1.